The van der Waals surface area contributed by atoms with Crippen molar-refractivity contribution in [3.63, 3.8) is 0 Å². The van der Waals surface area contributed by atoms with Crippen molar-refractivity contribution in [2.45, 2.75) is 31.8 Å². The summed E-state index contributed by atoms with van der Waals surface area (Å²) in [4.78, 5) is 61.3. The monoisotopic (exact) mass is 507 g/mol. The Morgan fingerprint density at radius 2 is 1.90 bits per heavy atom. The van der Waals surface area contributed by atoms with Crippen LogP contribution in [0, 0.1) is 11.8 Å². The summed E-state index contributed by atoms with van der Waals surface area (Å²) in [5.41, 5.74) is -2.09. The van der Waals surface area contributed by atoms with Gasteiger partial charge in [0.05, 0.1) is 14.1 Å². The summed E-state index contributed by atoms with van der Waals surface area (Å²) < 4.78 is 59.3. The molecule has 1 aliphatic heterocycles. The molecule has 1 aromatic rings. The lowest BCUT2D eigenvalue weighted by atomic mass is 10.2. The van der Waals surface area contributed by atoms with E-state index in [0.29, 0.717) is 4.57 Å². The summed E-state index contributed by atoms with van der Waals surface area (Å²) in [5, 5.41) is 10.1. The normalized spacial score (nSPS) is 28.1. The highest BCUT2D eigenvalue weighted by atomic mass is 31.3. The molecule has 31 heavy (non-hydrogen) atoms. The molecule has 0 amide bonds. The summed E-state index contributed by atoms with van der Waals surface area (Å²) in [6.45, 7) is 0.380. The number of hydrogen-bond acceptors (Lipinski definition) is 10. The molecule has 174 valence electrons. The average Bonchev–Trinajstić information content (AvgIpc) is 2.87. The zero-order valence-electron chi connectivity index (χ0n) is 16.3. The highest BCUT2D eigenvalue weighted by molar-refractivity contribution is 7.66. The fraction of sp³-hybridized carbons (Fsp3) is 0.500. The van der Waals surface area contributed by atoms with Crippen molar-refractivity contribution in [3.8, 4) is 11.8 Å². The van der Waals surface area contributed by atoms with Crippen LogP contribution in [0.3, 0.4) is 0 Å². The number of nitrogens with zero attached hydrogens (tertiary/aromatic N) is 1. The second-order valence-corrected chi connectivity index (χ2v) is 10.2. The van der Waals surface area contributed by atoms with E-state index >= 15 is 0 Å². The number of aliphatic hydroxyl groups excluding tert-OH is 1. The van der Waals surface area contributed by atoms with Crippen LogP contribution in [0.1, 0.15) is 26.5 Å². The minimum Gasteiger partial charge on any atom is -0.390 e. The van der Waals surface area contributed by atoms with Gasteiger partial charge in [-0.3, -0.25) is 18.9 Å². The lowest BCUT2D eigenvalue weighted by Crippen LogP contribution is -2.33. The largest absolute Gasteiger partial charge is 0.490 e. The molecule has 2 heterocycles. The molecule has 2 unspecified atom stereocenters. The minimum absolute atomic E-state index is 0.187. The number of aromatic amines is 1. The van der Waals surface area contributed by atoms with E-state index in [1.807, 2.05) is 4.98 Å². The zero-order chi connectivity index (χ0) is 24.5. The van der Waals surface area contributed by atoms with E-state index in [4.69, 9.17) is 20.8 Å². The Labute approximate surface area is 174 Å². The zero-order valence-corrected chi connectivity index (χ0v) is 18.0. The first-order valence-corrected chi connectivity index (χ1v) is 12.4. The summed E-state index contributed by atoms with van der Waals surface area (Å²) in [6, 6.07) is 0. The first kappa shape index (κ1) is 24.2. The first-order valence-electron chi connectivity index (χ1n) is 8.40. The van der Waals surface area contributed by atoms with E-state index in [2.05, 4.69) is 25.0 Å². The van der Waals surface area contributed by atoms with Gasteiger partial charge in [-0.1, -0.05) is 5.92 Å². The summed E-state index contributed by atoms with van der Waals surface area (Å²) in [7, 11) is -16.8. The first-order chi connectivity index (χ1) is 14.5. The highest BCUT2D eigenvalue weighted by Crippen LogP contribution is 2.66. The van der Waals surface area contributed by atoms with Gasteiger partial charge in [-0.05, 0) is 6.92 Å². The standard InChI is InChI=1S/C12H17N2O14P3/c1-2-3-7-5-14(12(17)13-11(7)16)10-4-8(15)9(26-10)6-25-30(21,22)28-31(23,24)27-29(18,19)20/h5,8-10,15H,4,6H2,1H3,(H,21,22)(H,23,24)(H,13,16,17)(H2,18,19,20)/t8-,9+,10+/m0/s1/i10D. The predicted octanol–water partition coefficient (Wildman–Crippen LogP) is -1.10. The third-order valence-electron chi connectivity index (χ3n) is 3.39. The topological polar surface area (TPSA) is 244 Å². The van der Waals surface area contributed by atoms with Crippen LogP contribution in [-0.2, 0) is 31.6 Å². The van der Waals surface area contributed by atoms with Crippen LogP contribution in [-0.4, -0.2) is 53.0 Å². The molecule has 0 radical (unpaired) electrons. The van der Waals surface area contributed by atoms with Gasteiger partial charge in [0.1, 0.15) is 17.9 Å². The van der Waals surface area contributed by atoms with Gasteiger partial charge >= 0.3 is 29.2 Å². The Kier molecular flexibility index (Phi) is 7.50. The second-order valence-electron chi connectivity index (χ2n) is 5.76. The van der Waals surface area contributed by atoms with Crippen LogP contribution in [0.4, 0.5) is 0 Å². The van der Waals surface area contributed by atoms with Gasteiger partial charge in [-0.15, -0.1) is 5.92 Å². The van der Waals surface area contributed by atoms with E-state index in [1.54, 1.807) is 0 Å². The lowest BCUT2D eigenvalue weighted by Gasteiger charge is -2.19. The lowest BCUT2D eigenvalue weighted by molar-refractivity contribution is -0.0450. The molecule has 1 aliphatic rings. The molecule has 2 rings (SSSR count). The molecule has 0 bridgehead atoms. The number of rotatable bonds is 8. The summed E-state index contributed by atoms with van der Waals surface area (Å²) in [6.07, 6.45) is -5.10. The molecule has 0 aromatic carbocycles. The van der Waals surface area contributed by atoms with Crippen molar-refractivity contribution in [1.29, 1.82) is 0 Å². The third kappa shape index (κ3) is 7.58. The molecular weight excluding hydrogens is 489 g/mol. The number of ether oxygens (including phenoxy) is 1. The smallest absolute Gasteiger partial charge is 0.390 e. The average molecular weight is 507 g/mol. The molecule has 16 nitrogen and oxygen atoms in total. The number of phosphoric ester groups is 1. The quantitative estimate of drug-likeness (QED) is 0.181. The second kappa shape index (κ2) is 9.60. The fourth-order valence-electron chi connectivity index (χ4n) is 2.26. The fourth-order valence-corrected chi connectivity index (χ4v) is 5.29. The molecule has 0 spiro atoms. The molecule has 1 aromatic heterocycles. The van der Waals surface area contributed by atoms with Crippen molar-refractivity contribution in [1.82, 2.24) is 9.55 Å². The molecule has 6 N–H and O–H groups in total. The van der Waals surface area contributed by atoms with E-state index < -0.39 is 66.2 Å². The van der Waals surface area contributed by atoms with Crippen molar-refractivity contribution in [2.75, 3.05) is 6.61 Å². The molecule has 19 heteroatoms. The van der Waals surface area contributed by atoms with Crippen molar-refractivity contribution in [3.05, 3.63) is 32.6 Å². The SMILES string of the molecule is [2H][C@]1(n2cc(C#CC)c(=O)[nH]c2=O)C[C@H](O)[C@@H](COP(=O)(O)OP(=O)(O)OP(=O)(O)O)O1. The number of aliphatic hydroxyl groups is 1. The molecule has 1 fully saturated rings. The Balaban J connectivity index is 2.16. The van der Waals surface area contributed by atoms with E-state index in [9.17, 15) is 33.3 Å². The van der Waals surface area contributed by atoms with Gasteiger partial charge in [-0.2, -0.15) is 8.62 Å². The van der Waals surface area contributed by atoms with Gasteiger partial charge < -0.3 is 29.4 Å². The number of phosphoric acid groups is 3. The molecule has 0 saturated carbocycles. The third-order valence-corrected chi connectivity index (χ3v) is 7.19. The maximum Gasteiger partial charge on any atom is 0.490 e. The van der Waals surface area contributed by atoms with Crippen molar-refractivity contribution < 1.29 is 57.6 Å². The van der Waals surface area contributed by atoms with E-state index in [0.717, 1.165) is 6.20 Å². The summed E-state index contributed by atoms with van der Waals surface area (Å²) >= 11 is 0. The Bertz CT molecular complexity index is 1200. The predicted molar refractivity (Wildman–Crippen MR) is 98.2 cm³/mol. The van der Waals surface area contributed by atoms with Crippen LogP contribution in [0.15, 0.2) is 15.8 Å². The van der Waals surface area contributed by atoms with Crippen LogP contribution in [0.5, 0.6) is 0 Å². The van der Waals surface area contributed by atoms with Crippen molar-refractivity contribution >= 4 is 23.5 Å². The number of H-pyrrole nitrogens is 1. The van der Waals surface area contributed by atoms with Gasteiger partial charge in [0.2, 0.25) is 0 Å². The van der Waals surface area contributed by atoms with Crippen molar-refractivity contribution in [2.24, 2.45) is 0 Å². The summed E-state index contributed by atoms with van der Waals surface area (Å²) in [5.74, 6) is 4.84. The van der Waals surface area contributed by atoms with Crippen LogP contribution in [0.2, 0.25) is 0 Å². The highest BCUT2D eigenvalue weighted by Gasteiger charge is 2.43. The molecular formula is C12H17N2O14P3. The number of aromatic nitrogens is 2. The number of hydrogen-bond donors (Lipinski definition) is 6. The Morgan fingerprint density at radius 1 is 1.26 bits per heavy atom. The minimum atomic E-state index is -5.74. The van der Waals surface area contributed by atoms with Crippen LogP contribution >= 0.6 is 23.5 Å². The Morgan fingerprint density at radius 3 is 2.48 bits per heavy atom. The molecule has 5 atom stereocenters. The van der Waals surface area contributed by atoms with E-state index in [1.165, 1.54) is 6.92 Å². The van der Waals surface area contributed by atoms with Crippen LogP contribution < -0.4 is 11.2 Å². The molecule has 1 saturated heterocycles. The van der Waals surface area contributed by atoms with Gasteiger partial charge in [0.15, 0.2) is 0 Å². The van der Waals surface area contributed by atoms with Crippen LogP contribution in [0.25, 0.3) is 0 Å². The van der Waals surface area contributed by atoms with Gasteiger partial charge in [0, 0.05) is 12.6 Å². The maximum atomic E-state index is 12.1. The molecule has 0 aliphatic carbocycles. The van der Waals surface area contributed by atoms with E-state index in [-0.39, 0.29) is 5.56 Å². The Hall–Kier alpha value is -1.43. The maximum absolute atomic E-state index is 12.1. The van der Waals surface area contributed by atoms with Gasteiger partial charge in [0.25, 0.3) is 5.56 Å². The van der Waals surface area contributed by atoms with Gasteiger partial charge in [-0.25, -0.2) is 18.5 Å². The number of nitrogens with one attached hydrogen (secondary N) is 1.